The van der Waals surface area contributed by atoms with Gasteiger partial charge in [-0.15, -0.1) is 0 Å². The number of hydrogen-bond acceptors (Lipinski definition) is 2. The van der Waals surface area contributed by atoms with E-state index in [2.05, 4.69) is 26.6 Å². The van der Waals surface area contributed by atoms with Crippen molar-refractivity contribution in [3.8, 4) is 0 Å². The Labute approximate surface area is 96.2 Å². The van der Waals surface area contributed by atoms with Gasteiger partial charge in [0.15, 0.2) is 0 Å². The molecule has 2 N–H and O–H groups in total. The average molecular weight is 275 g/mol. The molecule has 0 aliphatic heterocycles. The van der Waals surface area contributed by atoms with Crippen LogP contribution in [0.1, 0.15) is 6.92 Å². The second-order valence-corrected chi connectivity index (χ2v) is 4.02. The molecular weight excluding hydrogens is 263 g/mol. The second kappa shape index (κ2) is 5.11. The first-order valence-corrected chi connectivity index (χ1v) is 5.27. The highest BCUT2D eigenvalue weighted by molar-refractivity contribution is 9.10. The molecule has 0 bridgehead atoms. The SMILES string of the molecule is CNC(=O)C(C)Nc1cc(Br)ccc1F. The van der Waals surface area contributed by atoms with Gasteiger partial charge >= 0.3 is 0 Å². The molecule has 5 heteroatoms. The number of anilines is 1. The second-order valence-electron chi connectivity index (χ2n) is 3.10. The van der Waals surface area contributed by atoms with Crippen LogP contribution in [0.15, 0.2) is 22.7 Å². The van der Waals surface area contributed by atoms with E-state index in [-0.39, 0.29) is 11.7 Å². The van der Waals surface area contributed by atoms with Gasteiger partial charge in [-0.3, -0.25) is 4.79 Å². The van der Waals surface area contributed by atoms with E-state index < -0.39 is 6.04 Å². The summed E-state index contributed by atoms with van der Waals surface area (Å²) in [7, 11) is 1.54. The predicted molar refractivity (Wildman–Crippen MR) is 61.3 cm³/mol. The molecule has 1 aromatic carbocycles. The van der Waals surface area contributed by atoms with Gasteiger partial charge in [0.1, 0.15) is 11.9 Å². The van der Waals surface area contributed by atoms with Gasteiger partial charge < -0.3 is 10.6 Å². The summed E-state index contributed by atoms with van der Waals surface area (Å²) >= 11 is 3.23. The Morgan fingerprint density at radius 2 is 2.20 bits per heavy atom. The topological polar surface area (TPSA) is 41.1 Å². The quantitative estimate of drug-likeness (QED) is 0.887. The molecule has 0 aliphatic rings. The van der Waals surface area contributed by atoms with Crippen molar-refractivity contribution in [2.75, 3.05) is 12.4 Å². The smallest absolute Gasteiger partial charge is 0.241 e. The lowest BCUT2D eigenvalue weighted by Gasteiger charge is -2.14. The van der Waals surface area contributed by atoms with E-state index in [1.165, 1.54) is 13.1 Å². The average Bonchev–Trinajstić information content (AvgIpc) is 2.22. The Bertz CT molecular complexity index is 370. The number of carbonyl (C=O) groups is 1. The van der Waals surface area contributed by atoms with Crippen LogP contribution in [0.4, 0.5) is 10.1 Å². The largest absolute Gasteiger partial charge is 0.371 e. The van der Waals surface area contributed by atoms with Gasteiger partial charge in [-0.05, 0) is 25.1 Å². The number of carbonyl (C=O) groups excluding carboxylic acids is 1. The summed E-state index contributed by atoms with van der Waals surface area (Å²) in [6.07, 6.45) is 0. The van der Waals surface area contributed by atoms with Crippen molar-refractivity contribution in [2.45, 2.75) is 13.0 Å². The summed E-state index contributed by atoms with van der Waals surface area (Å²) in [5.74, 6) is -0.566. The summed E-state index contributed by atoms with van der Waals surface area (Å²) in [6, 6.07) is 4.06. The van der Waals surface area contributed by atoms with Crippen molar-refractivity contribution in [3.63, 3.8) is 0 Å². The van der Waals surface area contributed by atoms with E-state index in [4.69, 9.17) is 0 Å². The zero-order valence-electron chi connectivity index (χ0n) is 8.47. The lowest BCUT2D eigenvalue weighted by atomic mass is 10.2. The summed E-state index contributed by atoms with van der Waals surface area (Å²) in [6.45, 7) is 1.67. The van der Waals surface area contributed by atoms with E-state index in [9.17, 15) is 9.18 Å². The monoisotopic (exact) mass is 274 g/mol. The van der Waals surface area contributed by atoms with Crippen molar-refractivity contribution >= 4 is 27.5 Å². The van der Waals surface area contributed by atoms with Crippen molar-refractivity contribution in [1.29, 1.82) is 0 Å². The normalized spacial score (nSPS) is 12.0. The van der Waals surface area contributed by atoms with Gasteiger partial charge in [0, 0.05) is 11.5 Å². The fourth-order valence-electron chi connectivity index (χ4n) is 1.12. The first-order valence-electron chi connectivity index (χ1n) is 4.47. The Kier molecular flexibility index (Phi) is 4.08. The molecule has 1 unspecified atom stereocenters. The lowest BCUT2D eigenvalue weighted by Crippen LogP contribution is -2.35. The molecule has 1 amide bonds. The molecule has 0 aromatic heterocycles. The van der Waals surface area contributed by atoms with E-state index in [1.54, 1.807) is 19.1 Å². The fraction of sp³-hybridized carbons (Fsp3) is 0.300. The Morgan fingerprint density at radius 1 is 1.53 bits per heavy atom. The number of halogens is 2. The number of benzene rings is 1. The molecule has 0 radical (unpaired) electrons. The van der Waals surface area contributed by atoms with Gasteiger partial charge in [0.2, 0.25) is 5.91 Å². The zero-order valence-corrected chi connectivity index (χ0v) is 10.1. The minimum Gasteiger partial charge on any atom is -0.371 e. The van der Waals surface area contributed by atoms with Crippen molar-refractivity contribution in [3.05, 3.63) is 28.5 Å². The van der Waals surface area contributed by atoms with Crippen molar-refractivity contribution < 1.29 is 9.18 Å². The van der Waals surface area contributed by atoms with Crippen LogP contribution >= 0.6 is 15.9 Å². The van der Waals surface area contributed by atoms with Gasteiger partial charge in [-0.25, -0.2) is 4.39 Å². The molecule has 0 spiro atoms. The van der Waals surface area contributed by atoms with Crippen LogP contribution in [-0.2, 0) is 4.79 Å². The van der Waals surface area contributed by atoms with Crippen LogP contribution in [0.25, 0.3) is 0 Å². The predicted octanol–water partition coefficient (Wildman–Crippen LogP) is 2.13. The standard InChI is InChI=1S/C10H12BrFN2O/c1-6(10(15)13-2)14-9-5-7(11)3-4-8(9)12/h3-6,14H,1-2H3,(H,13,15). The minimum atomic E-state index is -0.473. The first kappa shape index (κ1) is 12.0. The van der Waals surface area contributed by atoms with E-state index in [0.29, 0.717) is 5.69 Å². The van der Waals surface area contributed by atoms with E-state index in [1.807, 2.05) is 0 Å². The molecule has 1 aromatic rings. The third kappa shape index (κ3) is 3.20. The lowest BCUT2D eigenvalue weighted by molar-refractivity contribution is -0.121. The maximum atomic E-state index is 13.3. The molecule has 82 valence electrons. The highest BCUT2D eigenvalue weighted by Gasteiger charge is 2.12. The van der Waals surface area contributed by atoms with Crippen LogP contribution in [0.3, 0.4) is 0 Å². The molecule has 1 rings (SSSR count). The third-order valence-corrected chi connectivity index (χ3v) is 2.43. The molecule has 0 saturated heterocycles. The van der Waals surface area contributed by atoms with Crippen molar-refractivity contribution in [2.24, 2.45) is 0 Å². The highest BCUT2D eigenvalue weighted by atomic mass is 79.9. The molecule has 3 nitrogen and oxygen atoms in total. The molecule has 0 aliphatic carbocycles. The van der Waals surface area contributed by atoms with Gasteiger partial charge in [0.25, 0.3) is 0 Å². The summed E-state index contributed by atoms with van der Waals surface area (Å²) in [5, 5.41) is 5.27. The van der Waals surface area contributed by atoms with Crippen LogP contribution in [0.2, 0.25) is 0 Å². The summed E-state index contributed by atoms with van der Waals surface area (Å²) < 4.78 is 14.0. The third-order valence-electron chi connectivity index (χ3n) is 1.94. The number of amides is 1. The van der Waals surface area contributed by atoms with Gasteiger partial charge in [0.05, 0.1) is 5.69 Å². The molecular formula is C10H12BrFN2O. The van der Waals surface area contributed by atoms with Crippen LogP contribution in [0, 0.1) is 5.82 Å². The minimum absolute atomic E-state index is 0.186. The number of rotatable bonds is 3. The first-order chi connectivity index (χ1) is 7.04. The number of likely N-dealkylation sites (N-methyl/N-ethyl adjacent to an activating group) is 1. The maximum Gasteiger partial charge on any atom is 0.241 e. The zero-order chi connectivity index (χ0) is 11.4. The number of nitrogens with one attached hydrogen (secondary N) is 2. The maximum absolute atomic E-state index is 13.3. The van der Waals surface area contributed by atoms with Crippen molar-refractivity contribution in [1.82, 2.24) is 5.32 Å². The van der Waals surface area contributed by atoms with Gasteiger partial charge in [-0.1, -0.05) is 15.9 Å². The van der Waals surface area contributed by atoms with Crippen LogP contribution in [0.5, 0.6) is 0 Å². The fourth-order valence-corrected chi connectivity index (χ4v) is 1.48. The van der Waals surface area contributed by atoms with E-state index >= 15 is 0 Å². The van der Waals surface area contributed by atoms with Gasteiger partial charge in [-0.2, -0.15) is 0 Å². The summed E-state index contributed by atoms with van der Waals surface area (Å²) in [5.41, 5.74) is 0.306. The summed E-state index contributed by atoms with van der Waals surface area (Å²) in [4.78, 5) is 11.2. The Morgan fingerprint density at radius 3 is 2.80 bits per heavy atom. The molecule has 0 saturated carbocycles. The Hall–Kier alpha value is -1.10. The van der Waals surface area contributed by atoms with E-state index in [0.717, 1.165) is 4.47 Å². The number of hydrogen-bond donors (Lipinski definition) is 2. The Balaban J connectivity index is 2.80. The molecule has 0 heterocycles. The molecule has 0 fully saturated rings. The molecule has 15 heavy (non-hydrogen) atoms. The highest BCUT2D eigenvalue weighted by Crippen LogP contribution is 2.20. The van der Waals surface area contributed by atoms with Crippen LogP contribution in [-0.4, -0.2) is 19.0 Å². The molecule has 1 atom stereocenters. The van der Waals surface area contributed by atoms with Crippen LogP contribution < -0.4 is 10.6 Å².